The zero-order valence-electron chi connectivity index (χ0n) is 11.2. The van der Waals surface area contributed by atoms with Gasteiger partial charge in [0.05, 0.1) is 6.54 Å². The van der Waals surface area contributed by atoms with E-state index in [-0.39, 0.29) is 6.54 Å². The molecule has 1 N–H and O–H groups in total. The van der Waals surface area contributed by atoms with Crippen molar-refractivity contribution in [2.24, 2.45) is 0 Å². The van der Waals surface area contributed by atoms with Crippen LogP contribution in [0.5, 0.6) is 0 Å². The van der Waals surface area contributed by atoms with Crippen molar-refractivity contribution in [2.45, 2.75) is 71.9 Å². The van der Waals surface area contributed by atoms with Crippen molar-refractivity contribution in [3.8, 4) is 0 Å². The van der Waals surface area contributed by atoms with Crippen molar-refractivity contribution in [2.75, 3.05) is 6.54 Å². The first kappa shape index (κ1) is 15.4. The predicted octanol–water partition coefficient (Wildman–Crippen LogP) is 3.14. The Hall–Kier alpha value is -0.570. The summed E-state index contributed by atoms with van der Waals surface area (Å²) in [4.78, 5) is 13.1. The van der Waals surface area contributed by atoms with Crippen molar-refractivity contribution < 1.29 is 9.90 Å². The second-order valence-corrected chi connectivity index (χ2v) is 4.55. The van der Waals surface area contributed by atoms with Gasteiger partial charge in [-0.3, -0.25) is 9.69 Å². The van der Waals surface area contributed by atoms with Gasteiger partial charge in [0.2, 0.25) is 0 Å². The molecule has 96 valence electrons. The summed E-state index contributed by atoms with van der Waals surface area (Å²) in [6.45, 7) is 8.76. The van der Waals surface area contributed by atoms with Gasteiger partial charge in [0.15, 0.2) is 0 Å². The first-order chi connectivity index (χ1) is 7.56. The molecule has 1 atom stereocenters. The van der Waals surface area contributed by atoms with E-state index in [0.717, 1.165) is 32.1 Å². The van der Waals surface area contributed by atoms with Crippen molar-refractivity contribution in [1.29, 1.82) is 0 Å². The molecule has 0 saturated heterocycles. The topological polar surface area (TPSA) is 40.5 Å². The van der Waals surface area contributed by atoms with E-state index in [1.54, 1.807) is 0 Å². The third-order valence-corrected chi connectivity index (χ3v) is 3.19. The lowest BCUT2D eigenvalue weighted by molar-refractivity contribution is -0.139. The van der Waals surface area contributed by atoms with E-state index in [1.165, 1.54) is 0 Å². The number of carbonyl (C=O) groups is 1. The lowest BCUT2D eigenvalue weighted by Crippen LogP contribution is -2.44. The number of aliphatic carboxylic acids is 1. The van der Waals surface area contributed by atoms with Gasteiger partial charge in [-0.2, -0.15) is 0 Å². The number of carboxylic acid groups (broad SMARTS) is 1. The summed E-state index contributed by atoms with van der Waals surface area (Å²) in [5, 5.41) is 8.97. The first-order valence-corrected chi connectivity index (χ1v) is 6.54. The average molecular weight is 229 g/mol. The molecule has 0 aromatic carbocycles. The lowest BCUT2D eigenvalue weighted by Gasteiger charge is -2.35. The highest BCUT2D eigenvalue weighted by molar-refractivity contribution is 5.69. The fraction of sp³-hybridized carbons (Fsp3) is 0.923. The van der Waals surface area contributed by atoms with Crippen LogP contribution in [0.2, 0.25) is 0 Å². The molecule has 0 aliphatic rings. The van der Waals surface area contributed by atoms with Crippen molar-refractivity contribution in [1.82, 2.24) is 4.90 Å². The Labute approximate surface area is 99.8 Å². The Morgan fingerprint density at radius 2 is 1.69 bits per heavy atom. The van der Waals surface area contributed by atoms with E-state index in [4.69, 9.17) is 5.11 Å². The molecule has 0 saturated carbocycles. The predicted molar refractivity (Wildman–Crippen MR) is 67.7 cm³/mol. The van der Waals surface area contributed by atoms with Gasteiger partial charge in [0, 0.05) is 12.1 Å². The maximum atomic E-state index is 10.9. The third kappa shape index (κ3) is 5.50. The Kier molecular flexibility index (Phi) is 8.26. The molecule has 0 spiro atoms. The second kappa shape index (κ2) is 8.57. The Morgan fingerprint density at radius 1 is 1.19 bits per heavy atom. The van der Waals surface area contributed by atoms with E-state index in [2.05, 4.69) is 32.6 Å². The zero-order valence-corrected chi connectivity index (χ0v) is 11.2. The molecule has 0 aromatic heterocycles. The van der Waals surface area contributed by atoms with E-state index in [0.29, 0.717) is 12.1 Å². The minimum atomic E-state index is -0.711. The van der Waals surface area contributed by atoms with Crippen molar-refractivity contribution in [3.63, 3.8) is 0 Å². The van der Waals surface area contributed by atoms with Crippen LogP contribution in [0.25, 0.3) is 0 Å². The summed E-state index contributed by atoms with van der Waals surface area (Å²) in [6.07, 6.45) is 5.46. The molecule has 0 aliphatic heterocycles. The first-order valence-electron chi connectivity index (χ1n) is 6.54. The van der Waals surface area contributed by atoms with Crippen LogP contribution in [-0.4, -0.2) is 34.6 Å². The van der Waals surface area contributed by atoms with Gasteiger partial charge in [-0.15, -0.1) is 0 Å². The van der Waals surface area contributed by atoms with E-state index < -0.39 is 5.97 Å². The maximum Gasteiger partial charge on any atom is 0.317 e. The van der Waals surface area contributed by atoms with Gasteiger partial charge in [-0.25, -0.2) is 0 Å². The molecule has 3 nitrogen and oxygen atoms in total. The molecule has 0 fully saturated rings. The largest absolute Gasteiger partial charge is 0.480 e. The Balaban J connectivity index is 4.57. The minimum absolute atomic E-state index is 0.180. The molecule has 0 heterocycles. The Bertz CT molecular complexity index is 188. The highest BCUT2D eigenvalue weighted by atomic mass is 16.4. The summed E-state index contributed by atoms with van der Waals surface area (Å²) in [7, 11) is 0. The monoisotopic (exact) mass is 229 g/mol. The number of nitrogens with zero attached hydrogens (tertiary/aromatic N) is 1. The molecule has 0 aliphatic carbocycles. The van der Waals surface area contributed by atoms with Crippen LogP contribution in [0.15, 0.2) is 0 Å². The SMILES string of the molecule is CCCC(CCC)N(CC(=O)O)C(C)CC. The van der Waals surface area contributed by atoms with Crippen LogP contribution in [0, 0.1) is 0 Å². The highest BCUT2D eigenvalue weighted by Gasteiger charge is 2.23. The summed E-state index contributed by atoms with van der Waals surface area (Å²) < 4.78 is 0. The van der Waals surface area contributed by atoms with Gasteiger partial charge in [0.1, 0.15) is 0 Å². The number of rotatable bonds is 9. The molecule has 0 aromatic rings. The van der Waals surface area contributed by atoms with Gasteiger partial charge >= 0.3 is 5.97 Å². The maximum absolute atomic E-state index is 10.9. The van der Waals surface area contributed by atoms with Crippen LogP contribution in [0.3, 0.4) is 0 Å². The van der Waals surface area contributed by atoms with Gasteiger partial charge < -0.3 is 5.11 Å². The lowest BCUT2D eigenvalue weighted by atomic mass is 10.0. The van der Waals surface area contributed by atoms with Crippen LogP contribution in [0.1, 0.15) is 59.8 Å². The molecule has 0 amide bonds. The van der Waals surface area contributed by atoms with Gasteiger partial charge in [-0.05, 0) is 26.2 Å². The fourth-order valence-electron chi connectivity index (χ4n) is 2.18. The number of hydrogen-bond donors (Lipinski definition) is 1. The fourth-order valence-corrected chi connectivity index (χ4v) is 2.18. The van der Waals surface area contributed by atoms with Crippen LogP contribution in [-0.2, 0) is 4.79 Å². The molecular weight excluding hydrogens is 202 g/mol. The summed E-state index contributed by atoms with van der Waals surface area (Å²) >= 11 is 0. The van der Waals surface area contributed by atoms with E-state index in [9.17, 15) is 4.79 Å². The van der Waals surface area contributed by atoms with Crippen LogP contribution in [0.4, 0.5) is 0 Å². The Morgan fingerprint density at radius 3 is 2.00 bits per heavy atom. The van der Waals surface area contributed by atoms with Crippen LogP contribution < -0.4 is 0 Å². The third-order valence-electron chi connectivity index (χ3n) is 3.19. The molecule has 1 unspecified atom stereocenters. The number of hydrogen-bond acceptors (Lipinski definition) is 2. The van der Waals surface area contributed by atoms with Gasteiger partial charge in [0.25, 0.3) is 0 Å². The quantitative estimate of drug-likeness (QED) is 0.660. The van der Waals surface area contributed by atoms with Crippen molar-refractivity contribution >= 4 is 5.97 Å². The smallest absolute Gasteiger partial charge is 0.317 e. The minimum Gasteiger partial charge on any atom is -0.480 e. The molecule has 0 rings (SSSR count). The zero-order chi connectivity index (χ0) is 12.6. The molecule has 0 radical (unpaired) electrons. The average Bonchev–Trinajstić information content (AvgIpc) is 2.24. The van der Waals surface area contributed by atoms with E-state index >= 15 is 0 Å². The van der Waals surface area contributed by atoms with E-state index in [1.807, 2.05) is 0 Å². The summed E-state index contributed by atoms with van der Waals surface area (Å²) in [6, 6.07) is 0.792. The van der Waals surface area contributed by atoms with Crippen molar-refractivity contribution in [3.05, 3.63) is 0 Å². The molecular formula is C13H27NO2. The second-order valence-electron chi connectivity index (χ2n) is 4.55. The number of carboxylic acids is 1. The standard InChI is InChI=1S/C13H27NO2/c1-5-8-12(9-6-2)14(10-13(15)16)11(4)7-3/h11-12H,5-10H2,1-4H3,(H,15,16). The molecule has 16 heavy (non-hydrogen) atoms. The van der Waals surface area contributed by atoms with Crippen LogP contribution >= 0.6 is 0 Å². The normalized spacial score (nSPS) is 13.4. The van der Waals surface area contributed by atoms with Gasteiger partial charge in [-0.1, -0.05) is 33.6 Å². The molecule has 0 bridgehead atoms. The molecule has 3 heteroatoms. The summed E-state index contributed by atoms with van der Waals surface area (Å²) in [5.41, 5.74) is 0. The summed E-state index contributed by atoms with van der Waals surface area (Å²) in [5.74, 6) is -0.711. The highest BCUT2D eigenvalue weighted by Crippen LogP contribution is 2.17.